The van der Waals surface area contributed by atoms with E-state index in [1.54, 1.807) is 55.7 Å². The van der Waals surface area contributed by atoms with Crippen LogP contribution < -0.4 is 5.32 Å². The van der Waals surface area contributed by atoms with Crippen molar-refractivity contribution < 1.29 is 32.4 Å². The maximum atomic E-state index is 14.6. The van der Waals surface area contributed by atoms with Crippen LogP contribution in [0, 0.1) is 6.92 Å². The molecule has 0 spiro atoms. The summed E-state index contributed by atoms with van der Waals surface area (Å²) in [5.41, 5.74) is 1.71. The van der Waals surface area contributed by atoms with Gasteiger partial charge in [0.1, 0.15) is 46.9 Å². The standard InChI is InChI=1S/C28H28BrFN7O6P/c1-16-31-11-18(12-32-16)17-7-8-21-20(9-17)27(23(38)15-44(41,42-2)43-3)35-37(21)14-26(39)36-13-19(30)10-22(36)28(40)34-25-6-4-5-24(29)33-25/h4-9,11-12,19,22H,10,13-15H2,1-3H3,(H,33,34,40)/t19-,22+/m1/s1. The number of Topliss-reactive ketones (excluding diaryl/α,β-unsaturated/α-hetero) is 1. The maximum Gasteiger partial charge on any atom is 0.337 e. The average Bonchev–Trinajstić information content (AvgIpc) is 3.58. The monoisotopic (exact) mass is 687 g/mol. The van der Waals surface area contributed by atoms with Crippen LogP contribution in [0.25, 0.3) is 22.0 Å². The number of nitrogens with zero attached hydrogens (tertiary/aromatic N) is 6. The first-order chi connectivity index (χ1) is 21.0. The van der Waals surface area contributed by atoms with Gasteiger partial charge in [-0.2, -0.15) is 5.10 Å². The molecule has 13 nitrogen and oxygen atoms in total. The molecule has 44 heavy (non-hydrogen) atoms. The van der Waals surface area contributed by atoms with Crippen molar-refractivity contribution in [1.82, 2.24) is 29.6 Å². The molecule has 1 N–H and O–H groups in total. The van der Waals surface area contributed by atoms with Crippen molar-refractivity contribution in [2.75, 3.05) is 32.2 Å². The lowest BCUT2D eigenvalue weighted by atomic mass is 10.0. The third kappa shape index (κ3) is 6.75. The molecular formula is C28H28BrFN7O6P. The Hall–Kier alpha value is -3.91. The number of carbonyl (C=O) groups is 3. The van der Waals surface area contributed by atoms with E-state index in [0.29, 0.717) is 32.5 Å². The van der Waals surface area contributed by atoms with Gasteiger partial charge in [-0.3, -0.25) is 23.6 Å². The number of hydrogen-bond acceptors (Lipinski definition) is 10. The van der Waals surface area contributed by atoms with E-state index in [0.717, 1.165) is 4.90 Å². The minimum Gasteiger partial charge on any atom is -0.326 e. The fraction of sp³-hybridized carbons (Fsp3) is 0.321. The summed E-state index contributed by atoms with van der Waals surface area (Å²) >= 11 is 3.24. The van der Waals surface area contributed by atoms with Crippen molar-refractivity contribution in [2.24, 2.45) is 0 Å². The molecule has 3 aromatic heterocycles. The number of carbonyl (C=O) groups excluding carboxylic acids is 3. The van der Waals surface area contributed by atoms with Crippen LogP contribution in [0.3, 0.4) is 0 Å². The second-order valence-corrected chi connectivity index (χ2v) is 13.1. The van der Waals surface area contributed by atoms with E-state index in [9.17, 15) is 23.3 Å². The Morgan fingerprint density at radius 1 is 1.11 bits per heavy atom. The summed E-state index contributed by atoms with van der Waals surface area (Å²) in [7, 11) is -1.39. The fourth-order valence-corrected chi connectivity index (χ4v) is 6.15. The normalized spacial score (nSPS) is 16.8. The molecule has 4 heterocycles. The number of benzene rings is 1. The number of alkyl halides is 1. The van der Waals surface area contributed by atoms with Crippen LogP contribution in [-0.2, 0) is 29.7 Å². The molecule has 230 valence electrons. The van der Waals surface area contributed by atoms with Gasteiger partial charge in [0, 0.05) is 44.0 Å². The third-order valence-electron chi connectivity index (χ3n) is 7.15. The quantitative estimate of drug-likeness (QED) is 0.145. The first kappa shape index (κ1) is 31.5. The summed E-state index contributed by atoms with van der Waals surface area (Å²) < 4.78 is 39.1. The summed E-state index contributed by atoms with van der Waals surface area (Å²) in [4.78, 5) is 53.8. The molecule has 16 heteroatoms. The molecular weight excluding hydrogens is 660 g/mol. The Morgan fingerprint density at radius 2 is 1.84 bits per heavy atom. The van der Waals surface area contributed by atoms with Gasteiger partial charge in [0.15, 0.2) is 5.78 Å². The number of amides is 2. The van der Waals surface area contributed by atoms with Gasteiger partial charge in [0.05, 0.1) is 12.1 Å². The first-order valence-corrected chi connectivity index (χ1v) is 15.9. The number of aromatic nitrogens is 5. The second-order valence-electron chi connectivity index (χ2n) is 10.0. The lowest BCUT2D eigenvalue weighted by molar-refractivity contribution is -0.137. The lowest BCUT2D eigenvalue weighted by Gasteiger charge is -2.23. The SMILES string of the molecule is COP(=O)(CC(=O)c1nn(CC(=O)N2C[C@H](F)C[C@H]2C(=O)Nc2cccc(Br)n2)c2ccc(-c3cnc(C)nc3)cc12)OC. The van der Waals surface area contributed by atoms with Gasteiger partial charge >= 0.3 is 7.60 Å². The fourth-order valence-electron chi connectivity index (χ4n) is 4.90. The number of pyridine rings is 1. The zero-order chi connectivity index (χ0) is 31.6. The topological polar surface area (TPSA) is 158 Å². The maximum absolute atomic E-state index is 14.6. The molecule has 0 aliphatic carbocycles. The zero-order valence-corrected chi connectivity index (χ0v) is 26.4. The number of anilines is 1. The van der Waals surface area contributed by atoms with Crippen molar-refractivity contribution >= 4 is 57.8 Å². The van der Waals surface area contributed by atoms with E-state index in [1.165, 1.54) is 18.9 Å². The molecule has 0 radical (unpaired) electrons. The molecule has 1 aliphatic heterocycles. The molecule has 0 bridgehead atoms. The predicted octanol–water partition coefficient (Wildman–Crippen LogP) is 4.21. The molecule has 0 unspecified atom stereocenters. The Morgan fingerprint density at radius 3 is 2.52 bits per heavy atom. The number of likely N-dealkylation sites (tertiary alicyclic amines) is 1. The van der Waals surface area contributed by atoms with Crippen molar-refractivity contribution in [1.29, 1.82) is 0 Å². The Balaban J connectivity index is 1.47. The van der Waals surface area contributed by atoms with Gasteiger partial charge in [-0.15, -0.1) is 0 Å². The minimum atomic E-state index is -3.74. The molecule has 2 amide bonds. The summed E-state index contributed by atoms with van der Waals surface area (Å²) in [5, 5.41) is 7.42. The van der Waals surface area contributed by atoms with Gasteiger partial charge < -0.3 is 19.3 Å². The van der Waals surface area contributed by atoms with Crippen LogP contribution in [0.2, 0.25) is 0 Å². The zero-order valence-electron chi connectivity index (χ0n) is 23.9. The third-order valence-corrected chi connectivity index (χ3v) is 9.38. The highest BCUT2D eigenvalue weighted by molar-refractivity contribution is 9.10. The Kier molecular flexibility index (Phi) is 9.30. The predicted molar refractivity (Wildman–Crippen MR) is 162 cm³/mol. The highest BCUT2D eigenvalue weighted by atomic mass is 79.9. The molecule has 1 aromatic carbocycles. The summed E-state index contributed by atoms with van der Waals surface area (Å²) in [5.74, 6) is -0.950. The van der Waals surface area contributed by atoms with Crippen LogP contribution in [0.4, 0.5) is 10.2 Å². The largest absolute Gasteiger partial charge is 0.337 e. The molecule has 2 atom stereocenters. The van der Waals surface area contributed by atoms with Crippen molar-refractivity contribution in [2.45, 2.75) is 32.1 Å². The summed E-state index contributed by atoms with van der Waals surface area (Å²) in [6.07, 6.45) is 1.10. The van der Waals surface area contributed by atoms with Gasteiger partial charge in [0.25, 0.3) is 0 Å². The number of rotatable bonds is 10. The van der Waals surface area contributed by atoms with Crippen molar-refractivity contribution in [3.63, 3.8) is 0 Å². The molecule has 4 aromatic rings. The van der Waals surface area contributed by atoms with Gasteiger partial charge in [-0.1, -0.05) is 12.1 Å². The van der Waals surface area contributed by atoms with E-state index in [4.69, 9.17) is 9.05 Å². The van der Waals surface area contributed by atoms with Gasteiger partial charge in [0.2, 0.25) is 11.8 Å². The average molecular weight is 688 g/mol. The number of nitrogens with one attached hydrogen (secondary N) is 1. The number of ketones is 1. The molecule has 1 aliphatic rings. The number of halogens is 2. The van der Waals surface area contributed by atoms with E-state index in [1.807, 2.05) is 0 Å². The van der Waals surface area contributed by atoms with E-state index in [-0.39, 0.29) is 24.5 Å². The molecule has 0 saturated carbocycles. The smallest absolute Gasteiger partial charge is 0.326 e. The lowest BCUT2D eigenvalue weighted by Crippen LogP contribution is -2.44. The number of aryl methyl sites for hydroxylation is 1. The minimum absolute atomic E-state index is 0.0585. The summed E-state index contributed by atoms with van der Waals surface area (Å²) in [6.45, 7) is 1.08. The second kappa shape index (κ2) is 13.0. The van der Waals surface area contributed by atoms with Crippen LogP contribution in [0.5, 0.6) is 0 Å². The van der Waals surface area contributed by atoms with Crippen molar-refractivity contribution in [3.05, 3.63) is 64.9 Å². The molecule has 5 rings (SSSR count). The van der Waals surface area contributed by atoms with E-state index < -0.39 is 50.1 Å². The van der Waals surface area contributed by atoms with Gasteiger partial charge in [-0.05, 0) is 52.7 Å². The highest BCUT2D eigenvalue weighted by Gasteiger charge is 2.40. The Labute approximate surface area is 259 Å². The van der Waals surface area contributed by atoms with Crippen LogP contribution in [0.15, 0.2) is 53.4 Å². The molecule has 1 saturated heterocycles. The van der Waals surface area contributed by atoms with E-state index >= 15 is 0 Å². The Bertz CT molecular complexity index is 1780. The van der Waals surface area contributed by atoms with Crippen molar-refractivity contribution in [3.8, 4) is 11.1 Å². The highest BCUT2D eigenvalue weighted by Crippen LogP contribution is 2.46. The number of hydrogen-bond donors (Lipinski definition) is 1. The number of fused-ring (bicyclic) bond motifs is 1. The van der Waals surface area contributed by atoms with Gasteiger partial charge in [-0.25, -0.2) is 19.3 Å². The molecule has 1 fully saturated rings. The summed E-state index contributed by atoms with van der Waals surface area (Å²) in [6, 6.07) is 9.00. The first-order valence-electron chi connectivity index (χ1n) is 13.4. The van der Waals surface area contributed by atoms with Crippen LogP contribution >= 0.6 is 23.5 Å². The van der Waals surface area contributed by atoms with E-state index in [2.05, 4.69) is 41.3 Å². The van der Waals surface area contributed by atoms with Crippen LogP contribution in [-0.4, -0.2) is 86.4 Å². The van der Waals surface area contributed by atoms with Crippen LogP contribution in [0.1, 0.15) is 22.7 Å².